The van der Waals surface area contributed by atoms with Gasteiger partial charge in [0.2, 0.25) is 0 Å². The zero-order valence-electron chi connectivity index (χ0n) is 10.4. The fraction of sp³-hybridized carbons (Fsp3) is 0.615. The van der Waals surface area contributed by atoms with Gasteiger partial charge in [-0.1, -0.05) is 6.07 Å². The first-order chi connectivity index (χ1) is 7.61. The molecule has 0 aromatic carbocycles. The lowest BCUT2D eigenvalue weighted by atomic mass is 10.1. The summed E-state index contributed by atoms with van der Waals surface area (Å²) in [6, 6.07) is 4.79. The van der Waals surface area contributed by atoms with E-state index in [2.05, 4.69) is 23.0 Å². The minimum absolute atomic E-state index is 0.167. The zero-order valence-corrected chi connectivity index (χ0v) is 10.4. The second-order valence-corrected chi connectivity index (χ2v) is 4.52. The molecule has 1 fully saturated rings. The summed E-state index contributed by atoms with van der Waals surface area (Å²) in [7, 11) is 2.19. The molecule has 0 aliphatic carbocycles. The monoisotopic (exact) mass is 222 g/mol. The standard InChI is InChI=1S/C10H14N2.C3H8O/c1-12-7-3-5-10(12)9-4-2-6-11-8-9;1-3(2)4/h2,4,6,8,10H,3,5,7H2,1H3;3-4H,1-2H3. The SMILES string of the molecule is CC(C)O.CN1CCCC1c1cccnc1. The van der Waals surface area contributed by atoms with Crippen LogP contribution >= 0.6 is 0 Å². The third-order valence-corrected chi connectivity index (χ3v) is 2.59. The molecule has 0 spiro atoms. The van der Waals surface area contributed by atoms with E-state index in [-0.39, 0.29) is 6.10 Å². The van der Waals surface area contributed by atoms with Crippen LogP contribution in [0.2, 0.25) is 0 Å². The van der Waals surface area contributed by atoms with Gasteiger partial charge in [-0.3, -0.25) is 9.88 Å². The second kappa shape index (κ2) is 6.61. The van der Waals surface area contributed by atoms with Crippen LogP contribution in [0.4, 0.5) is 0 Å². The fourth-order valence-corrected chi connectivity index (χ4v) is 1.90. The first-order valence-corrected chi connectivity index (χ1v) is 5.89. The first kappa shape index (κ1) is 13.1. The average molecular weight is 222 g/mol. The number of likely N-dealkylation sites (tertiary alicyclic amines) is 1. The summed E-state index contributed by atoms with van der Waals surface area (Å²) in [5, 5.41) is 8.06. The van der Waals surface area contributed by atoms with Gasteiger partial charge in [-0.15, -0.1) is 0 Å². The van der Waals surface area contributed by atoms with Gasteiger partial charge in [-0.05, 0) is 51.9 Å². The van der Waals surface area contributed by atoms with Gasteiger partial charge in [0, 0.05) is 24.5 Å². The molecule has 1 saturated heterocycles. The highest BCUT2D eigenvalue weighted by Gasteiger charge is 2.21. The molecule has 1 atom stereocenters. The lowest BCUT2D eigenvalue weighted by Crippen LogP contribution is -2.17. The maximum absolute atomic E-state index is 8.06. The predicted molar refractivity (Wildman–Crippen MR) is 66.2 cm³/mol. The van der Waals surface area contributed by atoms with Crippen LogP contribution in [-0.4, -0.2) is 34.7 Å². The van der Waals surface area contributed by atoms with Crippen molar-refractivity contribution in [3.63, 3.8) is 0 Å². The Bertz CT molecular complexity index is 284. The Morgan fingerprint density at radius 1 is 1.50 bits per heavy atom. The van der Waals surface area contributed by atoms with Gasteiger partial charge in [-0.2, -0.15) is 0 Å². The van der Waals surface area contributed by atoms with Crippen molar-refractivity contribution in [3.8, 4) is 0 Å². The van der Waals surface area contributed by atoms with Crippen LogP contribution in [0.25, 0.3) is 0 Å². The fourth-order valence-electron chi connectivity index (χ4n) is 1.90. The van der Waals surface area contributed by atoms with Crippen molar-refractivity contribution < 1.29 is 5.11 Å². The summed E-state index contributed by atoms with van der Waals surface area (Å²) in [6.45, 7) is 4.67. The van der Waals surface area contributed by atoms with E-state index in [1.165, 1.54) is 24.9 Å². The molecule has 0 amide bonds. The summed E-state index contributed by atoms with van der Waals surface area (Å²) in [5.41, 5.74) is 1.36. The maximum atomic E-state index is 8.06. The highest BCUT2D eigenvalue weighted by molar-refractivity contribution is 5.14. The average Bonchev–Trinajstić information content (AvgIpc) is 2.65. The van der Waals surface area contributed by atoms with E-state index in [1.54, 1.807) is 13.8 Å². The van der Waals surface area contributed by atoms with Gasteiger partial charge in [0.25, 0.3) is 0 Å². The largest absolute Gasteiger partial charge is 0.394 e. The third kappa shape index (κ3) is 4.29. The lowest BCUT2D eigenvalue weighted by molar-refractivity contribution is 0.216. The minimum atomic E-state index is -0.167. The molecule has 1 aliphatic rings. The molecule has 1 unspecified atom stereocenters. The molecule has 0 bridgehead atoms. The van der Waals surface area contributed by atoms with Crippen molar-refractivity contribution in [2.75, 3.05) is 13.6 Å². The number of aliphatic hydroxyl groups is 1. The highest BCUT2D eigenvalue weighted by Crippen LogP contribution is 2.29. The van der Waals surface area contributed by atoms with Crippen molar-refractivity contribution in [1.29, 1.82) is 0 Å². The normalized spacial score (nSPS) is 20.7. The van der Waals surface area contributed by atoms with Crippen molar-refractivity contribution >= 4 is 0 Å². The highest BCUT2D eigenvalue weighted by atomic mass is 16.3. The van der Waals surface area contributed by atoms with Crippen molar-refractivity contribution in [3.05, 3.63) is 30.1 Å². The van der Waals surface area contributed by atoms with Gasteiger partial charge in [-0.25, -0.2) is 0 Å². The van der Waals surface area contributed by atoms with Crippen LogP contribution in [0, 0.1) is 0 Å². The van der Waals surface area contributed by atoms with Gasteiger partial charge in [0.15, 0.2) is 0 Å². The molecule has 3 heteroatoms. The number of hydrogen-bond acceptors (Lipinski definition) is 3. The molecular weight excluding hydrogens is 200 g/mol. The smallest absolute Gasteiger partial charge is 0.0483 e. The van der Waals surface area contributed by atoms with Gasteiger partial charge >= 0.3 is 0 Å². The van der Waals surface area contributed by atoms with Gasteiger partial charge in [0.1, 0.15) is 0 Å². The minimum Gasteiger partial charge on any atom is -0.394 e. The van der Waals surface area contributed by atoms with Crippen LogP contribution in [-0.2, 0) is 0 Å². The van der Waals surface area contributed by atoms with E-state index in [0.29, 0.717) is 6.04 Å². The van der Waals surface area contributed by atoms with Crippen LogP contribution in [0.15, 0.2) is 24.5 Å². The summed E-state index contributed by atoms with van der Waals surface area (Å²) < 4.78 is 0. The summed E-state index contributed by atoms with van der Waals surface area (Å²) in [4.78, 5) is 6.54. The molecule has 1 N–H and O–H groups in total. The Kier molecular flexibility index (Phi) is 5.43. The summed E-state index contributed by atoms with van der Waals surface area (Å²) >= 11 is 0. The molecule has 1 aromatic rings. The lowest BCUT2D eigenvalue weighted by Gasteiger charge is -2.18. The van der Waals surface area contributed by atoms with E-state index in [9.17, 15) is 0 Å². The summed E-state index contributed by atoms with van der Waals surface area (Å²) in [6.07, 6.45) is 6.24. The number of rotatable bonds is 1. The van der Waals surface area contributed by atoms with E-state index in [1.807, 2.05) is 18.5 Å². The van der Waals surface area contributed by atoms with Crippen molar-refractivity contribution in [2.45, 2.75) is 38.8 Å². The first-order valence-electron chi connectivity index (χ1n) is 5.89. The van der Waals surface area contributed by atoms with E-state index < -0.39 is 0 Å². The van der Waals surface area contributed by atoms with E-state index in [0.717, 1.165) is 0 Å². The van der Waals surface area contributed by atoms with Crippen molar-refractivity contribution in [1.82, 2.24) is 9.88 Å². The Balaban J connectivity index is 0.000000280. The van der Waals surface area contributed by atoms with Gasteiger partial charge in [0.05, 0.1) is 0 Å². The molecule has 90 valence electrons. The molecule has 1 aromatic heterocycles. The summed E-state index contributed by atoms with van der Waals surface area (Å²) in [5.74, 6) is 0. The van der Waals surface area contributed by atoms with Crippen LogP contribution in [0.5, 0.6) is 0 Å². The number of hydrogen-bond donors (Lipinski definition) is 1. The maximum Gasteiger partial charge on any atom is 0.0483 e. The Morgan fingerprint density at radius 3 is 2.62 bits per heavy atom. The molecule has 1 aliphatic heterocycles. The predicted octanol–water partition coefficient (Wildman–Crippen LogP) is 2.24. The molecule has 3 nitrogen and oxygen atoms in total. The second-order valence-electron chi connectivity index (χ2n) is 4.52. The molecule has 2 rings (SSSR count). The molecular formula is C13H22N2O. The molecule has 2 heterocycles. The van der Waals surface area contributed by atoms with Crippen LogP contribution in [0.1, 0.15) is 38.3 Å². The molecule has 0 saturated carbocycles. The Hall–Kier alpha value is -0.930. The van der Waals surface area contributed by atoms with Crippen LogP contribution < -0.4 is 0 Å². The zero-order chi connectivity index (χ0) is 12.0. The number of aromatic nitrogens is 1. The van der Waals surface area contributed by atoms with E-state index in [4.69, 9.17) is 5.11 Å². The van der Waals surface area contributed by atoms with Crippen LogP contribution in [0.3, 0.4) is 0 Å². The topological polar surface area (TPSA) is 36.4 Å². The quantitative estimate of drug-likeness (QED) is 0.791. The van der Waals surface area contributed by atoms with Gasteiger partial charge < -0.3 is 5.11 Å². The van der Waals surface area contributed by atoms with Crippen molar-refractivity contribution in [2.24, 2.45) is 0 Å². The number of pyridine rings is 1. The third-order valence-electron chi connectivity index (χ3n) is 2.59. The Morgan fingerprint density at radius 2 is 2.19 bits per heavy atom. The number of nitrogens with zero attached hydrogens (tertiary/aromatic N) is 2. The number of aliphatic hydroxyl groups excluding tert-OH is 1. The Labute approximate surface area is 98.1 Å². The van der Waals surface area contributed by atoms with E-state index >= 15 is 0 Å². The molecule has 16 heavy (non-hydrogen) atoms. The molecule has 0 radical (unpaired) electrons.